The minimum Gasteiger partial charge on any atom is -0.476 e. The van der Waals surface area contributed by atoms with Gasteiger partial charge in [-0.05, 0) is 38.5 Å². The number of rotatable bonds is 5. The molecule has 0 saturated heterocycles. The van der Waals surface area contributed by atoms with Crippen molar-refractivity contribution in [3.8, 4) is 0 Å². The van der Waals surface area contributed by atoms with E-state index in [1.807, 2.05) is 0 Å². The van der Waals surface area contributed by atoms with Crippen molar-refractivity contribution in [2.24, 2.45) is 5.92 Å². The number of carboxylic acid groups (broad SMARTS) is 1. The summed E-state index contributed by atoms with van der Waals surface area (Å²) in [7, 11) is -3.87. The maximum absolute atomic E-state index is 12.4. The normalized spacial score (nSPS) is 23.1. The van der Waals surface area contributed by atoms with Gasteiger partial charge in [-0.1, -0.05) is 13.3 Å². The fourth-order valence-electron chi connectivity index (χ4n) is 2.86. The first-order valence-electron chi connectivity index (χ1n) is 7.15. The van der Waals surface area contributed by atoms with Gasteiger partial charge in [0.25, 0.3) is 0 Å². The van der Waals surface area contributed by atoms with Crippen molar-refractivity contribution in [2.45, 2.75) is 56.9 Å². The highest BCUT2D eigenvalue weighted by Gasteiger charge is 2.31. The van der Waals surface area contributed by atoms with Crippen molar-refractivity contribution in [2.75, 3.05) is 0 Å². The van der Waals surface area contributed by atoms with Crippen LogP contribution in [0.4, 0.5) is 0 Å². The second-order valence-electron chi connectivity index (χ2n) is 5.58. The maximum atomic E-state index is 12.4. The highest BCUT2D eigenvalue weighted by molar-refractivity contribution is 7.89. The van der Waals surface area contributed by atoms with Gasteiger partial charge >= 0.3 is 5.97 Å². The molecular formula is C13H21N3O4S. The zero-order chi connectivity index (χ0) is 15.6. The molecule has 3 N–H and O–H groups in total. The summed E-state index contributed by atoms with van der Waals surface area (Å²) in [5, 5.41) is 15.0. The maximum Gasteiger partial charge on any atom is 0.357 e. The smallest absolute Gasteiger partial charge is 0.357 e. The lowest BCUT2D eigenvalue weighted by molar-refractivity contribution is 0.0686. The highest BCUT2D eigenvalue weighted by atomic mass is 32.2. The van der Waals surface area contributed by atoms with E-state index in [9.17, 15) is 13.2 Å². The summed E-state index contributed by atoms with van der Waals surface area (Å²) in [5.74, 6) is -0.689. The number of aryl methyl sites for hydroxylation is 1. The Morgan fingerprint density at radius 2 is 2.00 bits per heavy atom. The predicted octanol–water partition coefficient (Wildman–Crippen LogP) is 1.66. The van der Waals surface area contributed by atoms with Crippen molar-refractivity contribution in [1.29, 1.82) is 0 Å². The fraction of sp³-hybridized carbons (Fsp3) is 0.692. The average Bonchev–Trinajstić information content (AvgIpc) is 2.82. The van der Waals surface area contributed by atoms with Crippen LogP contribution in [0.2, 0.25) is 0 Å². The molecule has 0 amide bonds. The number of sulfonamides is 1. The molecule has 118 valence electrons. The van der Waals surface area contributed by atoms with Gasteiger partial charge in [0.15, 0.2) is 5.69 Å². The molecule has 1 heterocycles. The average molecular weight is 315 g/mol. The number of carbonyl (C=O) groups is 1. The molecule has 1 aliphatic carbocycles. The number of H-pyrrole nitrogens is 1. The van der Waals surface area contributed by atoms with E-state index < -0.39 is 21.7 Å². The van der Waals surface area contributed by atoms with Crippen molar-refractivity contribution in [3.63, 3.8) is 0 Å². The van der Waals surface area contributed by atoms with Crippen LogP contribution in [0.5, 0.6) is 0 Å². The van der Waals surface area contributed by atoms with Crippen LogP contribution in [0.1, 0.15) is 55.2 Å². The number of nitrogens with zero attached hydrogens (tertiary/aromatic N) is 1. The minimum atomic E-state index is -3.87. The van der Waals surface area contributed by atoms with Crippen molar-refractivity contribution in [1.82, 2.24) is 14.9 Å². The SMILES string of the molecule is CCC1CCC(NS(=O)(=O)c2c(C(=O)O)n[nH]c2C)CC1. The van der Waals surface area contributed by atoms with Gasteiger partial charge in [0.05, 0.1) is 5.69 Å². The number of aromatic amines is 1. The van der Waals surface area contributed by atoms with Gasteiger partial charge in [0.1, 0.15) is 4.90 Å². The Kier molecular flexibility index (Phi) is 4.67. The van der Waals surface area contributed by atoms with Crippen LogP contribution in [-0.4, -0.2) is 35.7 Å². The lowest BCUT2D eigenvalue weighted by Crippen LogP contribution is -2.38. The van der Waals surface area contributed by atoms with Crippen molar-refractivity contribution >= 4 is 16.0 Å². The molecule has 0 bridgehead atoms. The third-order valence-electron chi connectivity index (χ3n) is 4.11. The zero-order valence-corrected chi connectivity index (χ0v) is 13.0. The molecule has 2 rings (SSSR count). The fourth-order valence-corrected chi connectivity index (χ4v) is 4.49. The molecule has 1 aromatic heterocycles. The third-order valence-corrected chi connectivity index (χ3v) is 5.79. The molecular weight excluding hydrogens is 294 g/mol. The van der Waals surface area contributed by atoms with E-state index >= 15 is 0 Å². The third kappa shape index (κ3) is 3.44. The summed E-state index contributed by atoms with van der Waals surface area (Å²) in [5.41, 5.74) is -0.218. The summed E-state index contributed by atoms with van der Waals surface area (Å²) < 4.78 is 27.5. The Balaban J connectivity index is 2.16. The molecule has 8 heteroatoms. The van der Waals surface area contributed by atoms with E-state index in [2.05, 4.69) is 21.8 Å². The summed E-state index contributed by atoms with van der Waals surface area (Å²) in [4.78, 5) is 10.8. The Hall–Kier alpha value is -1.41. The van der Waals surface area contributed by atoms with E-state index in [4.69, 9.17) is 5.11 Å². The molecule has 0 aromatic carbocycles. The summed E-state index contributed by atoms with van der Waals surface area (Å²) in [6.07, 6.45) is 4.69. The lowest BCUT2D eigenvalue weighted by Gasteiger charge is -2.28. The topological polar surface area (TPSA) is 112 Å². The molecule has 0 radical (unpaired) electrons. The van der Waals surface area contributed by atoms with E-state index in [0.29, 0.717) is 5.92 Å². The first-order chi connectivity index (χ1) is 9.85. The van der Waals surface area contributed by atoms with Crippen LogP contribution in [0.25, 0.3) is 0 Å². The monoisotopic (exact) mass is 315 g/mol. The van der Waals surface area contributed by atoms with Gasteiger partial charge < -0.3 is 5.11 Å². The first kappa shape index (κ1) is 16.0. The summed E-state index contributed by atoms with van der Waals surface area (Å²) >= 11 is 0. The predicted molar refractivity (Wildman–Crippen MR) is 76.6 cm³/mol. The summed E-state index contributed by atoms with van der Waals surface area (Å²) in [6, 6.07) is -0.131. The Labute approximate surface area is 124 Å². The lowest BCUT2D eigenvalue weighted by atomic mass is 9.85. The Bertz CT molecular complexity index is 615. The largest absolute Gasteiger partial charge is 0.476 e. The second kappa shape index (κ2) is 6.15. The highest BCUT2D eigenvalue weighted by Crippen LogP contribution is 2.28. The number of aromatic carboxylic acids is 1. The van der Waals surface area contributed by atoms with Gasteiger partial charge in [-0.15, -0.1) is 0 Å². The standard InChI is InChI=1S/C13H21N3O4S/c1-3-9-4-6-10(7-5-9)16-21(19,20)12-8(2)14-15-11(12)13(17)18/h9-10,16H,3-7H2,1-2H3,(H,14,15)(H,17,18). The van der Waals surface area contributed by atoms with Crippen LogP contribution >= 0.6 is 0 Å². The van der Waals surface area contributed by atoms with Crippen LogP contribution in [-0.2, 0) is 10.0 Å². The minimum absolute atomic E-state index is 0.131. The number of carboxylic acids is 1. The molecule has 1 saturated carbocycles. The quantitative estimate of drug-likeness (QED) is 0.765. The van der Waals surface area contributed by atoms with E-state index in [1.165, 1.54) is 6.92 Å². The van der Waals surface area contributed by atoms with E-state index in [1.54, 1.807) is 0 Å². The van der Waals surface area contributed by atoms with Crippen LogP contribution in [0.3, 0.4) is 0 Å². The molecule has 7 nitrogen and oxygen atoms in total. The molecule has 1 aromatic rings. The molecule has 0 atom stereocenters. The Morgan fingerprint density at radius 3 is 2.52 bits per heavy atom. The van der Waals surface area contributed by atoms with Crippen LogP contribution in [0.15, 0.2) is 4.90 Å². The van der Waals surface area contributed by atoms with Crippen molar-refractivity contribution in [3.05, 3.63) is 11.4 Å². The van der Waals surface area contributed by atoms with Crippen LogP contribution < -0.4 is 4.72 Å². The van der Waals surface area contributed by atoms with Gasteiger partial charge in [-0.2, -0.15) is 5.10 Å². The molecule has 0 aliphatic heterocycles. The molecule has 1 aliphatic rings. The van der Waals surface area contributed by atoms with Gasteiger partial charge in [0.2, 0.25) is 10.0 Å². The number of hydrogen-bond acceptors (Lipinski definition) is 4. The van der Waals surface area contributed by atoms with E-state index in [-0.39, 0.29) is 16.6 Å². The molecule has 0 unspecified atom stereocenters. The second-order valence-corrected chi connectivity index (χ2v) is 7.23. The van der Waals surface area contributed by atoms with E-state index in [0.717, 1.165) is 32.1 Å². The Morgan fingerprint density at radius 1 is 1.38 bits per heavy atom. The number of hydrogen-bond donors (Lipinski definition) is 3. The van der Waals surface area contributed by atoms with Gasteiger partial charge in [0, 0.05) is 6.04 Å². The molecule has 0 spiro atoms. The number of nitrogens with one attached hydrogen (secondary N) is 2. The van der Waals surface area contributed by atoms with Crippen molar-refractivity contribution < 1.29 is 18.3 Å². The summed E-state index contributed by atoms with van der Waals surface area (Å²) in [6.45, 7) is 3.64. The van der Waals surface area contributed by atoms with Gasteiger partial charge in [-0.3, -0.25) is 5.10 Å². The molecule has 21 heavy (non-hydrogen) atoms. The first-order valence-corrected chi connectivity index (χ1v) is 8.64. The zero-order valence-electron chi connectivity index (χ0n) is 12.2. The van der Waals surface area contributed by atoms with Gasteiger partial charge in [-0.25, -0.2) is 17.9 Å². The molecule has 1 fully saturated rings. The number of aromatic nitrogens is 2. The van der Waals surface area contributed by atoms with Crippen LogP contribution in [0, 0.1) is 12.8 Å².